The summed E-state index contributed by atoms with van der Waals surface area (Å²) in [5, 5.41) is 13.4. The summed E-state index contributed by atoms with van der Waals surface area (Å²) in [6.07, 6.45) is 0. The molecule has 0 amide bonds. The molecule has 0 unspecified atom stereocenters. The minimum Gasteiger partial charge on any atom is -0.396 e. The van der Waals surface area contributed by atoms with Gasteiger partial charge in [0.25, 0.3) is 0 Å². The van der Waals surface area contributed by atoms with Crippen LogP contribution in [0.4, 0.5) is 10.7 Å². The first-order chi connectivity index (χ1) is 9.06. The molecule has 0 radical (unpaired) electrons. The van der Waals surface area contributed by atoms with Gasteiger partial charge >= 0.3 is 0 Å². The second-order valence-corrected chi connectivity index (χ2v) is 5.89. The van der Waals surface area contributed by atoms with Gasteiger partial charge in [-0.1, -0.05) is 13.8 Å². The number of rotatable bonds is 3. The second-order valence-electron chi connectivity index (χ2n) is 4.89. The molecule has 2 rings (SSSR count). The Balaban J connectivity index is 2.41. The fourth-order valence-corrected chi connectivity index (χ4v) is 3.39. The number of hydrogen-bond acceptors (Lipinski definition) is 6. The van der Waals surface area contributed by atoms with Crippen LogP contribution in [0, 0.1) is 17.2 Å². The molecule has 2 heterocycles. The summed E-state index contributed by atoms with van der Waals surface area (Å²) >= 11 is 1.35. The Morgan fingerprint density at radius 2 is 2.11 bits per heavy atom. The van der Waals surface area contributed by atoms with E-state index in [-0.39, 0.29) is 11.7 Å². The molecule has 1 aromatic rings. The summed E-state index contributed by atoms with van der Waals surface area (Å²) in [6, 6.07) is 2.15. The van der Waals surface area contributed by atoms with Gasteiger partial charge in [-0.15, -0.1) is 11.3 Å². The van der Waals surface area contributed by atoms with Gasteiger partial charge in [-0.05, 0) is 0 Å². The number of nitrogens with one attached hydrogen (secondary N) is 1. The number of nitrogen functional groups attached to an aromatic ring is 1. The minimum atomic E-state index is -0.108. The fourth-order valence-electron chi connectivity index (χ4n) is 2.08. The van der Waals surface area contributed by atoms with Crippen LogP contribution >= 0.6 is 11.3 Å². The van der Waals surface area contributed by atoms with Gasteiger partial charge in [0.2, 0.25) is 0 Å². The zero-order valence-corrected chi connectivity index (χ0v) is 12.0. The molecule has 3 N–H and O–H groups in total. The number of nitriles is 1. The molecule has 19 heavy (non-hydrogen) atoms. The van der Waals surface area contributed by atoms with E-state index in [1.54, 1.807) is 0 Å². The van der Waals surface area contributed by atoms with E-state index in [1.165, 1.54) is 11.3 Å². The average Bonchev–Trinajstić information content (AvgIpc) is 2.75. The Labute approximate surface area is 117 Å². The second kappa shape index (κ2) is 5.59. The number of carbonyl (C=O) groups is 1. The highest BCUT2D eigenvalue weighted by Crippen LogP contribution is 2.39. The predicted molar refractivity (Wildman–Crippen MR) is 77.7 cm³/mol. The van der Waals surface area contributed by atoms with Crippen molar-refractivity contribution >= 4 is 27.8 Å². The van der Waals surface area contributed by atoms with E-state index < -0.39 is 0 Å². The van der Waals surface area contributed by atoms with Crippen molar-refractivity contribution in [2.24, 2.45) is 5.92 Å². The van der Waals surface area contributed by atoms with Crippen LogP contribution in [0.15, 0.2) is 0 Å². The van der Waals surface area contributed by atoms with Gasteiger partial charge in [0.05, 0.1) is 10.6 Å². The van der Waals surface area contributed by atoms with Crippen LogP contribution in [-0.2, 0) is 0 Å². The van der Waals surface area contributed by atoms with E-state index in [0.29, 0.717) is 16.1 Å². The molecule has 102 valence electrons. The van der Waals surface area contributed by atoms with E-state index in [0.717, 1.165) is 31.2 Å². The number of carbonyl (C=O) groups excluding carboxylic acids is 1. The molecule has 0 atom stereocenters. The number of hydrogen-bond donors (Lipinski definition) is 2. The molecule has 1 saturated heterocycles. The van der Waals surface area contributed by atoms with Crippen LogP contribution in [0.3, 0.4) is 0 Å². The first-order valence-corrected chi connectivity index (χ1v) is 7.20. The van der Waals surface area contributed by atoms with Crippen LogP contribution in [0.2, 0.25) is 0 Å². The summed E-state index contributed by atoms with van der Waals surface area (Å²) in [7, 11) is 0. The Morgan fingerprint density at radius 1 is 1.47 bits per heavy atom. The number of piperazine rings is 1. The number of nitrogens with two attached hydrogens (primary N) is 1. The minimum absolute atomic E-state index is 0.0142. The van der Waals surface area contributed by atoms with Crippen LogP contribution in [0.25, 0.3) is 0 Å². The van der Waals surface area contributed by atoms with Crippen molar-refractivity contribution in [3.63, 3.8) is 0 Å². The maximum atomic E-state index is 12.1. The third kappa shape index (κ3) is 2.57. The van der Waals surface area contributed by atoms with Gasteiger partial charge in [0.15, 0.2) is 5.78 Å². The maximum absolute atomic E-state index is 12.1. The largest absolute Gasteiger partial charge is 0.396 e. The van der Waals surface area contributed by atoms with Gasteiger partial charge in [-0.3, -0.25) is 4.79 Å². The van der Waals surface area contributed by atoms with Gasteiger partial charge in [0, 0.05) is 32.1 Å². The predicted octanol–water partition coefficient (Wildman–Crippen LogP) is 1.45. The van der Waals surface area contributed by atoms with E-state index in [9.17, 15) is 10.1 Å². The van der Waals surface area contributed by atoms with Crippen LogP contribution in [0.5, 0.6) is 0 Å². The number of anilines is 2. The topological polar surface area (TPSA) is 82.2 Å². The summed E-state index contributed by atoms with van der Waals surface area (Å²) < 4.78 is 0. The summed E-state index contributed by atoms with van der Waals surface area (Å²) in [5.74, 6) is -0.0938. The standard InChI is InChI=1S/C13H18N4OS/c1-8(2)11(18)12-10(15)9(7-14)13(19-12)17-5-3-16-4-6-17/h8,16H,3-6,15H2,1-2H3. The van der Waals surface area contributed by atoms with Gasteiger partial charge in [-0.2, -0.15) is 5.26 Å². The molecule has 0 bridgehead atoms. The molecule has 1 aromatic heterocycles. The summed E-state index contributed by atoms with van der Waals surface area (Å²) in [4.78, 5) is 14.8. The monoisotopic (exact) mass is 278 g/mol. The van der Waals surface area contributed by atoms with Crippen molar-refractivity contribution in [1.29, 1.82) is 5.26 Å². The van der Waals surface area contributed by atoms with Crippen molar-refractivity contribution in [1.82, 2.24) is 5.32 Å². The highest BCUT2D eigenvalue weighted by Gasteiger charge is 2.26. The quantitative estimate of drug-likeness (QED) is 0.818. The average molecular weight is 278 g/mol. The molecule has 0 aliphatic carbocycles. The number of nitrogens with zero attached hydrogens (tertiary/aromatic N) is 2. The van der Waals surface area contributed by atoms with Crippen LogP contribution in [-0.4, -0.2) is 32.0 Å². The highest BCUT2D eigenvalue weighted by atomic mass is 32.1. The maximum Gasteiger partial charge on any atom is 0.177 e. The number of ketones is 1. The first kappa shape index (κ1) is 13.8. The van der Waals surface area contributed by atoms with Crippen LogP contribution < -0.4 is 16.0 Å². The Kier molecular flexibility index (Phi) is 4.08. The number of thiophene rings is 1. The fraction of sp³-hybridized carbons (Fsp3) is 0.538. The normalized spacial score (nSPS) is 15.6. The van der Waals surface area contributed by atoms with Gasteiger partial charge < -0.3 is 16.0 Å². The smallest absolute Gasteiger partial charge is 0.177 e. The lowest BCUT2D eigenvalue weighted by molar-refractivity contribution is 0.0944. The Hall–Kier alpha value is -1.58. The summed E-state index contributed by atoms with van der Waals surface area (Å²) in [6.45, 7) is 7.14. The van der Waals surface area contributed by atoms with Crippen molar-refractivity contribution in [3.05, 3.63) is 10.4 Å². The third-order valence-corrected chi connectivity index (χ3v) is 4.47. The molecule has 0 aromatic carbocycles. The zero-order chi connectivity index (χ0) is 14.0. The van der Waals surface area contributed by atoms with E-state index >= 15 is 0 Å². The molecule has 5 nitrogen and oxygen atoms in total. The van der Waals surface area contributed by atoms with Gasteiger partial charge in [0.1, 0.15) is 16.6 Å². The molecule has 1 fully saturated rings. The molecule has 0 saturated carbocycles. The van der Waals surface area contributed by atoms with Crippen molar-refractivity contribution in [3.8, 4) is 6.07 Å². The van der Waals surface area contributed by atoms with Crippen molar-refractivity contribution < 1.29 is 4.79 Å². The lowest BCUT2D eigenvalue weighted by atomic mass is 10.1. The van der Waals surface area contributed by atoms with E-state index in [4.69, 9.17) is 5.73 Å². The Bertz CT molecular complexity index is 523. The molecule has 1 aliphatic heterocycles. The molecule has 1 aliphatic rings. The van der Waals surface area contributed by atoms with Crippen molar-refractivity contribution in [2.45, 2.75) is 13.8 Å². The third-order valence-electron chi connectivity index (χ3n) is 3.19. The van der Waals surface area contributed by atoms with E-state index in [2.05, 4.69) is 16.3 Å². The molecule has 0 spiro atoms. The first-order valence-electron chi connectivity index (χ1n) is 6.38. The summed E-state index contributed by atoms with van der Waals surface area (Å²) in [5.41, 5.74) is 6.79. The molecular weight excluding hydrogens is 260 g/mol. The zero-order valence-electron chi connectivity index (χ0n) is 11.2. The van der Waals surface area contributed by atoms with Crippen molar-refractivity contribution in [2.75, 3.05) is 36.8 Å². The van der Waals surface area contributed by atoms with Crippen LogP contribution in [0.1, 0.15) is 29.1 Å². The van der Waals surface area contributed by atoms with Gasteiger partial charge in [-0.25, -0.2) is 0 Å². The number of Topliss-reactive ketones (excluding diaryl/α,β-unsaturated/α-hetero) is 1. The molecule has 6 heteroatoms. The highest BCUT2D eigenvalue weighted by molar-refractivity contribution is 7.19. The lowest BCUT2D eigenvalue weighted by Gasteiger charge is -2.28. The lowest BCUT2D eigenvalue weighted by Crippen LogP contribution is -2.43. The molecular formula is C13H18N4OS. The SMILES string of the molecule is CC(C)C(=O)c1sc(N2CCNCC2)c(C#N)c1N. The Morgan fingerprint density at radius 3 is 2.63 bits per heavy atom. The van der Waals surface area contributed by atoms with E-state index in [1.807, 2.05) is 13.8 Å².